The zero-order valence-corrected chi connectivity index (χ0v) is 32.6. The average Bonchev–Trinajstić information content (AvgIpc) is 3.07. The van der Waals surface area contributed by atoms with Gasteiger partial charge in [0.25, 0.3) is 40.5 Å². The lowest BCUT2D eigenvalue weighted by Crippen LogP contribution is -2.24. The fraction of sp³-hybridized carbons (Fsp3) is 0.200. The molecule has 0 radical (unpaired) electrons. The first-order valence-corrected chi connectivity index (χ1v) is 23.1. The molecule has 0 bridgehead atoms. The van der Waals surface area contributed by atoms with Crippen LogP contribution in [0.4, 0.5) is 0 Å². The van der Waals surface area contributed by atoms with Crippen LogP contribution in [-0.4, -0.2) is 92.6 Å². The normalized spacial score (nSPS) is 12.6. The molecule has 0 saturated heterocycles. The summed E-state index contributed by atoms with van der Waals surface area (Å²) in [7, 11) is -18.1. The smallest absolute Gasteiger partial charge is 0.294 e. The van der Waals surface area contributed by atoms with Crippen molar-refractivity contribution in [1.82, 2.24) is 0 Å². The van der Waals surface area contributed by atoms with E-state index in [0.717, 1.165) is 48.5 Å². The highest BCUT2D eigenvalue weighted by Gasteiger charge is 2.31. The Labute approximate surface area is 303 Å². The molecule has 0 heterocycles. The Hall–Kier alpha value is -3.42. The van der Waals surface area contributed by atoms with E-state index < -0.39 is 75.9 Å². The fourth-order valence-corrected chi connectivity index (χ4v) is 13.5. The summed E-state index contributed by atoms with van der Waals surface area (Å²) >= 11 is 0. The molecule has 0 aliphatic heterocycles. The standard InChI is InChI=1S/C30H32O16P2S4/c1-43-23-9-5-19(49(31,32)33)15-27(23)47(28-16-20(50(34,35)36)6-10-24(28)44-2)13-14-48(29-17-21(51(37,38)39)7-11-25(29)45-3)30-18-22(52(40,41)42)8-12-26(30)46-4/h5-12,15-18H,13-14H2,1-4H3,(H,31,32,33)(H,34,35,36)(H,37,38,39)(H,40,41,42). The lowest BCUT2D eigenvalue weighted by Gasteiger charge is -2.28. The third kappa shape index (κ3) is 9.38. The molecule has 0 aliphatic carbocycles. The van der Waals surface area contributed by atoms with Crippen molar-refractivity contribution in [1.29, 1.82) is 0 Å². The van der Waals surface area contributed by atoms with Crippen LogP contribution in [0, 0.1) is 0 Å². The van der Waals surface area contributed by atoms with Gasteiger partial charge in [-0.25, -0.2) is 0 Å². The number of ether oxygens (including phenoxy) is 4. The molecule has 282 valence electrons. The summed E-state index contributed by atoms with van der Waals surface area (Å²) in [5, 5.41) is 0.632. The first-order chi connectivity index (χ1) is 24.1. The van der Waals surface area contributed by atoms with Gasteiger partial charge in [-0.15, -0.1) is 0 Å². The zero-order chi connectivity index (χ0) is 38.8. The molecular formula is C30H32O16P2S4. The van der Waals surface area contributed by atoms with E-state index in [1.165, 1.54) is 52.7 Å². The first-order valence-electron chi connectivity index (χ1n) is 14.3. The van der Waals surface area contributed by atoms with Crippen molar-refractivity contribution in [3.63, 3.8) is 0 Å². The number of hydrogen-bond acceptors (Lipinski definition) is 12. The Balaban J connectivity index is 2.10. The van der Waals surface area contributed by atoms with Gasteiger partial charge in [0, 0.05) is 21.2 Å². The number of hydrogen-bond donors (Lipinski definition) is 4. The number of benzene rings is 4. The molecule has 0 aromatic heterocycles. The van der Waals surface area contributed by atoms with Gasteiger partial charge in [0.2, 0.25) is 0 Å². The van der Waals surface area contributed by atoms with E-state index in [4.69, 9.17) is 18.9 Å². The second-order valence-corrected chi connectivity index (χ2v) is 20.8. The Morgan fingerprint density at radius 3 is 0.750 bits per heavy atom. The van der Waals surface area contributed by atoms with E-state index >= 15 is 0 Å². The largest absolute Gasteiger partial charge is 0.496 e. The zero-order valence-electron chi connectivity index (χ0n) is 27.6. The number of methoxy groups -OCH3 is 4. The van der Waals surface area contributed by atoms with Crippen molar-refractivity contribution in [3.05, 3.63) is 72.8 Å². The van der Waals surface area contributed by atoms with Crippen LogP contribution in [0.5, 0.6) is 23.0 Å². The Bertz CT molecular complexity index is 2100. The van der Waals surface area contributed by atoms with Gasteiger partial charge in [0.05, 0.1) is 48.0 Å². The van der Waals surface area contributed by atoms with Crippen LogP contribution in [0.25, 0.3) is 0 Å². The van der Waals surface area contributed by atoms with Gasteiger partial charge in [0.15, 0.2) is 0 Å². The molecule has 4 aromatic carbocycles. The molecule has 52 heavy (non-hydrogen) atoms. The second kappa shape index (κ2) is 15.9. The molecule has 22 heteroatoms. The lowest BCUT2D eigenvalue weighted by molar-refractivity contribution is 0.416. The summed E-state index contributed by atoms with van der Waals surface area (Å²) in [6, 6.07) is 13.9. The van der Waals surface area contributed by atoms with Crippen LogP contribution in [0.2, 0.25) is 0 Å². The van der Waals surface area contributed by atoms with Crippen LogP contribution in [0.3, 0.4) is 0 Å². The minimum atomic E-state index is -4.79. The number of rotatable bonds is 15. The third-order valence-corrected chi connectivity index (χ3v) is 16.3. The monoisotopic (exact) mass is 838 g/mol. The predicted octanol–water partition coefficient (Wildman–Crippen LogP) is 2.27. The molecule has 0 saturated carbocycles. The van der Waals surface area contributed by atoms with Gasteiger partial charge < -0.3 is 18.9 Å². The maximum Gasteiger partial charge on any atom is 0.294 e. The molecule has 0 fully saturated rings. The van der Waals surface area contributed by atoms with E-state index in [1.807, 2.05) is 0 Å². The lowest BCUT2D eigenvalue weighted by atomic mass is 10.3. The van der Waals surface area contributed by atoms with Gasteiger partial charge >= 0.3 is 0 Å². The molecule has 0 unspecified atom stereocenters. The van der Waals surface area contributed by atoms with Gasteiger partial charge in [0.1, 0.15) is 23.0 Å². The van der Waals surface area contributed by atoms with Crippen LogP contribution in [0.1, 0.15) is 0 Å². The summed E-state index contributed by atoms with van der Waals surface area (Å²) in [5.41, 5.74) is 0. The van der Waals surface area contributed by atoms with E-state index in [-0.39, 0.29) is 56.5 Å². The Kier molecular flexibility index (Phi) is 12.6. The Morgan fingerprint density at radius 1 is 0.404 bits per heavy atom. The highest BCUT2D eigenvalue weighted by atomic mass is 32.2. The van der Waals surface area contributed by atoms with E-state index in [1.54, 1.807) is 0 Å². The molecular weight excluding hydrogens is 807 g/mol. The van der Waals surface area contributed by atoms with Gasteiger partial charge in [-0.05, 0) is 101 Å². The minimum Gasteiger partial charge on any atom is -0.496 e. The van der Waals surface area contributed by atoms with Crippen LogP contribution in [0.15, 0.2) is 92.4 Å². The van der Waals surface area contributed by atoms with Crippen molar-refractivity contribution in [2.75, 3.05) is 40.8 Å². The SMILES string of the molecule is COc1ccc(S(=O)(=O)O)cc1P(CCP(c1cc(S(=O)(=O)O)ccc1OC)c1cc(S(=O)(=O)O)ccc1OC)c1cc(S(=O)(=O)O)ccc1OC. The van der Waals surface area contributed by atoms with Crippen LogP contribution < -0.4 is 40.2 Å². The maximum absolute atomic E-state index is 12.3. The highest BCUT2D eigenvalue weighted by molar-refractivity contribution is 7.87. The van der Waals surface area contributed by atoms with Gasteiger partial charge in [-0.2, -0.15) is 33.7 Å². The molecule has 16 nitrogen and oxygen atoms in total. The van der Waals surface area contributed by atoms with E-state index in [0.29, 0.717) is 0 Å². The van der Waals surface area contributed by atoms with Gasteiger partial charge in [-0.3, -0.25) is 18.2 Å². The molecule has 0 amide bonds. The predicted molar refractivity (Wildman–Crippen MR) is 193 cm³/mol. The first kappa shape index (κ1) is 41.3. The summed E-state index contributed by atoms with van der Waals surface area (Å²) in [6.45, 7) is 0. The van der Waals surface area contributed by atoms with Gasteiger partial charge in [-0.1, -0.05) is 0 Å². The van der Waals surface area contributed by atoms with Crippen molar-refractivity contribution < 1.29 is 70.8 Å². The van der Waals surface area contributed by atoms with E-state index in [9.17, 15) is 51.9 Å². The van der Waals surface area contributed by atoms with Crippen molar-refractivity contribution >= 4 is 77.5 Å². The van der Waals surface area contributed by atoms with E-state index in [2.05, 4.69) is 0 Å². The Morgan fingerprint density at radius 2 is 0.596 bits per heavy atom. The summed E-state index contributed by atoms with van der Waals surface area (Å²) in [6.07, 6.45) is -0.119. The van der Waals surface area contributed by atoms with Crippen molar-refractivity contribution in [2.24, 2.45) is 0 Å². The fourth-order valence-electron chi connectivity index (χ4n) is 5.11. The molecule has 4 N–H and O–H groups in total. The molecule has 4 rings (SSSR count). The van der Waals surface area contributed by atoms with Crippen molar-refractivity contribution in [2.45, 2.75) is 19.6 Å². The summed E-state index contributed by atoms with van der Waals surface area (Å²) in [4.78, 5) is -2.14. The molecule has 0 atom stereocenters. The third-order valence-electron chi connectivity index (χ3n) is 7.50. The average molecular weight is 839 g/mol. The quantitative estimate of drug-likeness (QED) is 0.0990. The summed E-state index contributed by atoms with van der Waals surface area (Å²) in [5.74, 6) is 0.441. The van der Waals surface area contributed by atoms with Crippen LogP contribution in [-0.2, 0) is 40.5 Å². The molecule has 0 spiro atoms. The van der Waals surface area contributed by atoms with Crippen molar-refractivity contribution in [3.8, 4) is 23.0 Å². The second-order valence-electron chi connectivity index (χ2n) is 10.5. The molecule has 0 aliphatic rings. The van der Waals surface area contributed by atoms with Crippen LogP contribution >= 0.6 is 15.8 Å². The molecule has 4 aromatic rings. The topological polar surface area (TPSA) is 254 Å². The highest BCUT2D eigenvalue weighted by Crippen LogP contribution is 2.48. The summed E-state index contributed by atoms with van der Waals surface area (Å²) < 4.78 is 160. The minimum absolute atomic E-state index is 0.0594. The maximum atomic E-state index is 12.3.